The molecule has 18 heavy (non-hydrogen) atoms. The molecule has 0 aromatic carbocycles. The first kappa shape index (κ1) is 14.5. The Hall–Kier alpha value is -1.57. The number of nitrogens with zero attached hydrogens (tertiary/aromatic N) is 3. The molecule has 0 N–H and O–H groups in total. The molecule has 1 aromatic rings. The van der Waals surface area contributed by atoms with Crippen LogP contribution in [0.15, 0.2) is 0 Å². The molecule has 0 aliphatic heterocycles. The quantitative estimate of drug-likeness (QED) is 0.729. The fraction of sp³-hybridized carbons (Fsp3) is 0.700. The van der Waals surface area contributed by atoms with Crippen molar-refractivity contribution in [3.8, 4) is 0 Å². The molecule has 0 radical (unpaired) electrons. The van der Waals surface area contributed by atoms with Crippen LogP contribution in [0.3, 0.4) is 0 Å². The van der Waals surface area contributed by atoms with Crippen molar-refractivity contribution in [2.24, 2.45) is 0 Å². The topological polar surface area (TPSA) is 66.2 Å². The summed E-state index contributed by atoms with van der Waals surface area (Å²) in [6, 6.07) is -0.449. The highest BCUT2D eigenvalue weighted by molar-refractivity contribution is 5.88. The molecule has 1 aromatic heterocycles. The van der Waals surface area contributed by atoms with Crippen LogP contribution in [0.25, 0.3) is 0 Å². The van der Waals surface area contributed by atoms with Gasteiger partial charge in [-0.3, -0.25) is 0 Å². The van der Waals surface area contributed by atoms with Crippen molar-refractivity contribution in [2.75, 3.05) is 20.3 Å². The smallest absolute Gasteiger partial charge is 0.361 e. The first-order valence-corrected chi connectivity index (χ1v) is 5.42. The molecule has 8 heteroatoms. The van der Waals surface area contributed by atoms with Gasteiger partial charge in [0.15, 0.2) is 5.69 Å². The minimum absolute atomic E-state index is 0.0853. The molecule has 0 aliphatic carbocycles. The number of carbonyl (C=O) groups is 1. The summed E-state index contributed by atoms with van der Waals surface area (Å²) in [7, 11) is 1.45. The maximum atomic E-state index is 13.0. The maximum absolute atomic E-state index is 13.0. The average Bonchev–Trinajstić information content (AvgIpc) is 2.74. The zero-order chi connectivity index (χ0) is 13.7. The summed E-state index contributed by atoms with van der Waals surface area (Å²) in [5, 5.41) is 7.03. The van der Waals surface area contributed by atoms with Gasteiger partial charge < -0.3 is 9.47 Å². The van der Waals surface area contributed by atoms with Gasteiger partial charge in [0.05, 0.1) is 19.3 Å². The molecule has 0 saturated heterocycles. The van der Waals surface area contributed by atoms with E-state index in [0.29, 0.717) is 0 Å². The molecular formula is C10H15F2N3O3. The molecule has 1 rings (SSSR count). The lowest BCUT2D eigenvalue weighted by Crippen LogP contribution is -2.17. The Morgan fingerprint density at radius 1 is 1.50 bits per heavy atom. The maximum Gasteiger partial charge on any atom is 0.361 e. The third-order valence-corrected chi connectivity index (χ3v) is 2.23. The number of hydrogen-bond donors (Lipinski definition) is 0. The fourth-order valence-corrected chi connectivity index (χ4v) is 1.49. The van der Waals surface area contributed by atoms with Crippen LogP contribution in [0, 0.1) is 0 Å². The lowest BCUT2D eigenvalue weighted by Gasteiger charge is -2.13. The summed E-state index contributed by atoms with van der Waals surface area (Å²) in [5.41, 5.74) is -0.993. The molecule has 0 bridgehead atoms. The molecular weight excluding hydrogens is 248 g/mol. The third-order valence-electron chi connectivity index (χ3n) is 2.23. The second-order valence-corrected chi connectivity index (χ2v) is 3.59. The molecule has 6 nitrogen and oxygen atoms in total. The first-order valence-electron chi connectivity index (χ1n) is 5.42. The summed E-state index contributed by atoms with van der Waals surface area (Å²) in [5.74, 6) is -0.899. The molecule has 1 unspecified atom stereocenters. The van der Waals surface area contributed by atoms with Crippen molar-refractivity contribution < 1.29 is 23.0 Å². The number of esters is 1. The van der Waals surface area contributed by atoms with Crippen LogP contribution in [0.1, 0.15) is 42.5 Å². The van der Waals surface area contributed by atoms with Gasteiger partial charge in [0, 0.05) is 7.11 Å². The van der Waals surface area contributed by atoms with E-state index in [-0.39, 0.29) is 13.2 Å². The second kappa shape index (κ2) is 6.39. The standard InChI is InChI=1S/C10H15F2N3O3/c1-4-18-10(16)7-8(9(11)12)15(14-13-7)6(2)5-17-3/h6,9H,4-5H2,1-3H3. The normalized spacial score (nSPS) is 12.8. The number of carbonyl (C=O) groups excluding carboxylic acids is 1. The Morgan fingerprint density at radius 3 is 2.67 bits per heavy atom. The Morgan fingerprint density at radius 2 is 2.17 bits per heavy atom. The Kier molecular flexibility index (Phi) is 5.14. The summed E-state index contributed by atoms with van der Waals surface area (Å²) < 4.78 is 36.4. The molecule has 1 atom stereocenters. The average molecular weight is 263 g/mol. The number of aromatic nitrogens is 3. The van der Waals surface area contributed by atoms with Crippen molar-refractivity contribution in [3.63, 3.8) is 0 Å². The number of hydrogen-bond acceptors (Lipinski definition) is 5. The van der Waals surface area contributed by atoms with Crippen LogP contribution < -0.4 is 0 Å². The van der Waals surface area contributed by atoms with E-state index >= 15 is 0 Å². The van der Waals surface area contributed by atoms with E-state index in [9.17, 15) is 13.6 Å². The van der Waals surface area contributed by atoms with Gasteiger partial charge in [0.1, 0.15) is 5.69 Å². The van der Waals surface area contributed by atoms with E-state index in [0.717, 1.165) is 4.68 Å². The first-order chi connectivity index (χ1) is 8.52. The summed E-state index contributed by atoms with van der Waals surface area (Å²) >= 11 is 0. The van der Waals surface area contributed by atoms with Crippen molar-refractivity contribution in [3.05, 3.63) is 11.4 Å². The van der Waals surface area contributed by atoms with Crippen LogP contribution in [0.5, 0.6) is 0 Å². The fourth-order valence-electron chi connectivity index (χ4n) is 1.49. The van der Waals surface area contributed by atoms with Gasteiger partial charge in [0.25, 0.3) is 6.43 Å². The van der Waals surface area contributed by atoms with E-state index in [1.54, 1.807) is 13.8 Å². The zero-order valence-electron chi connectivity index (χ0n) is 10.4. The lowest BCUT2D eigenvalue weighted by atomic mass is 10.3. The summed E-state index contributed by atoms with van der Waals surface area (Å²) in [6.45, 7) is 3.49. The number of methoxy groups -OCH3 is 1. The molecule has 1 heterocycles. The molecule has 0 aliphatic rings. The van der Waals surface area contributed by atoms with Crippen LogP contribution in [-0.2, 0) is 9.47 Å². The van der Waals surface area contributed by atoms with Gasteiger partial charge in [-0.1, -0.05) is 5.21 Å². The van der Waals surface area contributed by atoms with Crippen LogP contribution >= 0.6 is 0 Å². The minimum Gasteiger partial charge on any atom is -0.461 e. The lowest BCUT2D eigenvalue weighted by molar-refractivity contribution is 0.0505. The highest BCUT2D eigenvalue weighted by Gasteiger charge is 2.29. The van der Waals surface area contributed by atoms with Gasteiger partial charge in [-0.2, -0.15) is 0 Å². The van der Waals surface area contributed by atoms with Gasteiger partial charge >= 0.3 is 5.97 Å². The van der Waals surface area contributed by atoms with E-state index in [1.807, 2.05) is 0 Å². The SMILES string of the molecule is CCOC(=O)c1nnn(C(C)COC)c1C(F)F. The van der Waals surface area contributed by atoms with Crippen molar-refractivity contribution >= 4 is 5.97 Å². The minimum atomic E-state index is -2.86. The van der Waals surface area contributed by atoms with Crippen molar-refractivity contribution in [1.82, 2.24) is 15.0 Å². The van der Waals surface area contributed by atoms with Crippen LogP contribution in [-0.4, -0.2) is 41.3 Å². The second-order valence-electron chi connectivity index (χ2n) is 3.59. The molecule has 0 amide bonds. The van der Waals surface area contributed by atoms with E-state index < -0.39 is 29.8 Å². The van der Waals surface area contributed by atoms with Crippen molar-refractivity contribution in [2.45, 2.75) is 26.3 Å². The van der Waals surface area contributed by atoms with Gasteiger partial charge in [-0.15, -0.1) is 5.10 Å². The highest BCUT2D eigenvalue weighted by Crippen LogP contribution is 2.24. The Balaban J connectivity index is 3.10. The monoisotopic (exact) mass is 263 g/mol. The zero-order valence-corrected chi connectivity index (χ0v) is 10.4. The summed E-state index contributed by atoms with van der Waals surface area (Å²) in [4.78, 5) is 11.5. The van der Waals surface area contributed by atoms with Crippen LogP contribution in [0.2, 0.25) is 0 Å². The van der Waals surface area contributed by atoms with Crippen LogP contribution in [0.4, 0.5) is 8.78 Å². The number of ether oxygens (including phenoxy) is 2. The third kappa shape index (κ3) is 3.00. The van der Waals surface area contributed by atoms with Gasteiger partial charge in [0.2, 0.25) is 0 Å². The number of halogens is 2. The summed E-state index contributed by atoms with van der Waals surface area (Å²) in [6.07, 6.45) is -2.86. The number of alkyl halides is 2. The Labute approximate surface area is 103 Å². The molecule has 0 fully saturated rings. The van der Waals surface area contributed by atoms with E-state index in [4.69, 9.17) is 4.74 Å². The Bertz CT molecular complexity index is 409. The largest absolute Gasteiger partial charge is 0.461 e. The molecule has 0 saturated carbocycles. The highest BCUT2D eigenvalue weighted by atomic mass is 19.3. The van der Waals surface area contributed by atoms with E-state index in [1.165, 1.54) is 7.11 Å². The van der Waals surface area contributed by atoms with Gasteiger partial charge in [-0.25, -0.2) is 18.3 Å². The van der Waals surface area contributed by atoms with Crippen molar-refractivity contribution in [1.29, 1.82) is 0 Å². The predicted octanol–water partition coefficient (Wildman–Crippen LogP) is 1.60. The molecule has 0 spiro atoms. The van der Waals surface area contributed by atoms with Gasteiger partial charge in [-0.05, 0) is 13.8 Å². The number of rotatable bonds is 6. The predicted molar refractivity (Wildman–Crippen MR) is 57.5 cm³/mol. The van der Waals surface area contributed by atoms with E-state index in [2.05, 4.69) is 15.0 Å². The molecule has 102 valence electrons.